The monoisotopic (exact) mass is 763 g/mol. The Hall–Kier alpha value is -7.68. The van der Waals surface area contributed by atoms with Crippen LogP contribution in [0.5, 0.6) is 0 Å². The van der Waals surface area contributed by atoms with Crippen LogP contribution in [0.2, 0.25) is 0 Å². The van der Waals surface area contributed by atoms with Gasteiger partial charge in [-0.25, -0.2) is 0 Å². The topological polar surface area (TPSA) is 16.4 Å². The fourth-order valence-corrected chi connectivity index (χ4v) is 10.9. The van der Waals surface area contributed by atoms with Crippen LogP contribution >= 0.6 is 0 Å². The van der Waals surface area contributed by atoms with Crippen molar-refractivity contribution in [3.8, 4) is 33.4 Å². The van der Waals surface area contributed by atoms with E-state index in [1.165, 1.54) is 77.2 Å². The molecule has 0 N–H and O–H groups in total. The Labute approximate surface area is 348 Å². The number of furan rings is 1. The molecule has 0 saturated heterocycles. The molecule has 2 aliphatic carbocycles. The van der Waals surface area contributed by atoms with E-state index in [-0.39, 0.29) is 0 Å². The molecule has 0 saturated carbocycles. The van der Waals surface area contributed by atoms with Gasteiger partial charge in [0.25, 0.3) is 0 Å². The number of anilines is 3. The Bertz CT molecular complexity index is 3500. The molecule has 0 bridgehead atoms. The van der Waals surface area contributed by atoms with Gasteiger partial charge in [-0.3, -0.25) is 0 Å². The zero-order valence-electron chi connectivity index (χ0n) is 33.0. The van der Waals surface area contributed by atoms with Crippen LogP contribution in [-0.4, -0.2) is 0 Å². The molecule has 11 aromatic rings. The van der Waals surface area contributed by atoms with Crippen molar-refractivity contribution in [1.29, 1.82) is 0 Å². The van der Waals surface area contributed by atoms with Gasteiger partial charge in [-0.1, -0.05) is 170 Å². The maximum absolute atomic E-state index is 7.08. The number of fused-ring (bicyclic) bond motifs is 16. The van der Waals surface area contributed by atoms with Crippen LogP contribution < -0.4 is 4.90 Å². The summed E-state index contributed by atoms with van der Waals surface area (Å²) in [5.41, 5.74) is 18.5. The average molecular weight is 764 g/mol. The third-order valence-corrected chi connectivity index (χ3v) is 13.4. The lowest BCUT2D eigenvalue weighted by Gasteiger charge is -2.32. The lowest BCUT2D eigenvalue weighted by atomic mass is 9.70. The highest BCUT2D eigenvalue weighted by atomic mass is 16.3. The zero-order valence-corrected chi connectivity index (χ0v) is 33.0. The standard InChI is InChI=1S/C58H37NO/c1-36-34-39-15-3-5-18-44(39)55-49-23-13-27-54(57(49)60-56(36)55)59(40-30-28-38(29-31-40)43-22-12-16-37-14-2-4-17-42(37)43)41-32-33-48-47-21-8-11-26-52(47)58(53(48)35-41)50-24-9-6-19-45(50)46-20-7-10-25-51(46)58/h2-35H,1H3. The van der Waals surface area contributed by atoms with Gasteiger partial charge in [-0.2, -0.15) is 0 Å². The molecule has 0 fully saturated rings. The van der Waals surface area contributed by atoms with E-state index in [1.54, 1.807) is 0 Å². The van der Waals surface area contributed by atoms with Crippen LogP contribution in [0.15, 0.2) is 211 Å². The molecule has 1 spiro atoms. The molecular formula is C58H37NO. The van der Waals surface area contributed by atoms with E-state index >= 15 is 0 Å². The second kappa shape index (κ2) is 12.4. The summed E-state index contributed by atoms with van der Waals surface area (Å²) in [6.07, 6.45) is 0. The van der Waals surface area contributed by atoms with Gasteiger partial charge in [-0.05, 0) is 126 Å². The highest BCUT2D eigenvalue weighted by Crippen LogP contribution is 2.63. The van der Waals surface area contributed by atoms with Crippen LogP contribution in [0.25, 0.3) is 76.9 Å². The first-order valence-corrected chi connectivity index (χ1v) is 20.8. The molecule has 280 valence electrons. The van der Waals surface area contributed by atoms with Crippen molar-refractivity contribution in [2.24, 2.45) is 0 Å². The first-order chi connectivity index (χ1) is 29.7. The van der Waals surface area contributed by atoms with Crippen LogP contribution in [0.4, 0.5) is 17.1 Å². The molecule has 60 heavy (non-hydrogen) atoms. The number of hydrogen-bond donors (Lipinski definition) is 0. The Morgan fingerprint density at radius 3 is 1.63 bits per heavy atom. The largest absolute Gasteiger partial charge is 0.454 e. The number of benzene rings is 10. The van der Waals surface area contributed by atoms with Crippen molar-refractivity contribution in [1.82, 2.24) is 0 Å². The molecule has 2 aliphatic rings. The molecule has 0 atom stereocenters. The average Bonchev–Trinajstić information content (AvgIpc) is 3.95. The Morgan fingerprint density at radius 2 is 0.917 bits per heavy atom. The predicted molar refractivity (Wildman–Crippen MR) is 250 cm³/mol. The van der Waals surface area contributed by atoms with E-state index in [0.29, 0.717) is 0 Å². The van der Waals surface area contributed by atoms with E-state index in [0.717, 1.165) is 44.6 Å². The minimum Gasteiger partial charge on any atom is -0.454 e. The number of hydrogen-bond acceptors (Lipinski definition) is 2. The summed E-state index contributed by atoms with van der Waals surface area (Å²) in [6.45, 7) is 2.16. The number of para-hydroxylation sites is 1. The maximum atomic E-state index is 7.08. The third kappa shape index (κ3) is 4.42. The van der Waals surface area contributed by atoms with Crippen molar-refractivity contribution in [3.63, 3.8) is 0 Å². The summed E-state index contributed by atoms with van der Waals surface area (Å²) in [7, 11) is 0. The summed E-state index contributed by atoms with van der Waals surface area (Å²) >= 11 is 0. The van der Waals surface area contributed by atoms with E-state index in [4.69, 9.17) is 4.42 Å². The third-order valence-electron chi connectivity index (χ3n) is 13.4. The summed E-state index contributed by atoms with van der Waals surface area (Å²) in [5.74, 6) is 0. The van der Waals surface area contributed by atoms with Gasteiger partial charge in [0.05, 0.1) is 11.1 Å². The van der Waals surface area contributed by atoms with Crippen molar-refractivity contribution < 1.29 is 4.42 Å². The second-order valence-electron chi connectivity index (χ2n) is 16.4. The van der Waals surface area contributed by atoms with Crippen molar-refractivity contribution in [2.75, 3.05) is 4.90 Å². The molecule has 1 heterocycles. The van der Waals surface area contributed by atoms with Crippen LogP contribution in [0.1, 0.15) is 27.8 Å². The molecule has 1 aromatic heterocycles. The molecule has 0 unspecified atom stereocenters. The number of rotatable bonds is 4. The van der Waals surface area contributed by atoms with Gasteiger partial charge in [0, 0.05) is 22.1 Å². The van der Waals surface area contributed by atoms with Crippen LogP contribution in [-0.2, 0) is 5.41 Å². The van der Waals surface area contributed by atoms with E-state index in [1.807, 2.05) is 0 Å². The van der Waals surface area contributed by atoms with Gasteiger partial charge in [0.15, 0.2) is 5.58 Å². The van der Waals surface area contributed by atoms with Crippen molar-refractivity contribution in [3.05, 3.63) is 234 Å². The SMILES string of the molecule is Cc1cc2ccccc2c2c1oc1c(N(c3ccc(-c4cccc5ccccc45)cc3)c3ccc4c(c3)C3(c5ccccc5-c5ccccc53)c3ccccc3-4)cccc12. The van der Waals surface area contributed by atoms with Crippen molar-refractivity contribution in [2.45, 2.75) is 12.3 Å². The van der Waals surface area contributed by atoms with E-state index < -0.39 is 5.41 Å². The van der Waals surface area contributed by atoms with Gasteiger partial charge >= 0.3 is 0 Å². The Morgan fingerprint density at radius 1 is 0.383 bits per heavy atom. The fraction of sp³-hybridized carbons (Fsp3) is 0.0345. The first kappa shape index (κ1) is 33.3. The predicted octanol–water partition coefficient (Wildman–Crippen LogP) is 15.7. The summed E-state index contributed by atoms with van der Waals surface area (Å²) in [6, 6.07) is 76.1. The van der Waals surface area contributed by atoms with Gasteiger partial charge in [-0.15, -0.1) is 0 Å². The van der Waals surface area contributed by atoms with Crippen molar-refractivity contribution >= 4 is 60.5 Å². The van der Waals surface area contributed by atoms with Gasteiger partial charge < -0.3 is 9.32 Å². The highest BCUT2D eigenvalue weighted by Gasteiger charge is 2.51. The number of aryl methyl sites for hydroxylation is 1. The maximum Gasteiger partial charge on any atom is 0.159 e. The molecule has 0 aliphatic heterocycles. The minimum atomic E-state index is -0.458. The highest BCUT2D eigenvalue weighted by molar-refractivity contribution is 6.21. The smallest absolute Gasteiger partial charge is 0.159 e. The van der Waals surface area contributed by atoms with Gasteiger partial charge in [0.2, 0.25) is 0 Å². The first-order valence-electron chi connectivity index (χ1n) is 20.8. The summed E-state index contributed by atoms with van der Waals surface area (Å²) < 4.78 is 7.08. The fourth-order valence-electron chi connectivity index (χ4n) is 10.9. The molecule has 2 heteroatoms. The second-order valence-corrected chi connectivity index (χ2v) is 16.4. The summed E-state index contributed by atoms with van der Waals surface area (Å²) in [5, 5.41) is 7.19. The molecule has 2 nitrogen and oxygen atoms in total. The molecule has 0 amide bonds. The lowest BCUT2D eigenvalue weighted by Crippen LogP contribution is -2.26. The zero-order chi connectivity index (χ0) is 39.5. The van der Waals surface area contributed by atoms with E-state index in [2.05, 4.69) is 218 Å². The lowest BCUT2D eigenvalue weighted by molar-refractivity contribution is 0.666. The summed E-state index contributed by atoms with van der Waals surface area (Å²) in [4.78, 5) is 2.42. The molecule has 13 rings (SSSR count). The van der Waals surface area contributed by atoms with Crippen LogP contribution in [0, 0.1) is 6.92 Å². The molecular weight excluding hydrogens is 727 g/mol. The minimum absolute atomic E-state index is 0.458. The Kier molecular flexibility index (Phi) is 6.89. The normalized spacial score (nSPS) is 13.2. The molecule has 10 aromatic carbocycles. The molecule has 0 radical (unpaired) electrons. The van der Waals surface area contributed by atoms with E-state index in [9.17, 15) is 0 Å². The van der Waals surface area contributed by atoms with Crippen LogP contribution in [0.3, 0.4) is 0 Å². The van der Waals surface area contributed by atoms with Gasteiger partial charge in [0.1, 0.15) is 5.58 Å². The Balaban J connectivity index is 1.08. The number of nitrogens with zero attached hydrogens (tertiary/aromatic N) is 1. The quantitative estimate of drug-likeness (QED) is 0.177.